The molecule has 3 aromatic rings. The minimum Gasteiger partial charge on any atom is -0.300 e. The van der Waals surface area contributed by atoms with Crippen LogP contribution in [0.15, 0.2) is 35.4 Å². The molecule has 1 saturated carbocycles. The van der Waals surface area contributed by atoms with Gasteiger partial charge in [-0.1, -0.05) is 12.1 Å². The van der Waals surface area contributed by atoms with Crippen LogP contribution in [0.25, 0.3) is 10.9 Å². The van der Waals surface area contributed by atoms with Gasteiger partial charge in [-0.3, -0.25) is 14.2 Å². The molecule has 2 aliphatic rings. The number of benzene rings is 1. The van der Waals surface area contributed by atoms with Crippen LogP contribution in [-0.4, -0.2) is 45.0 Å². The predicted molar refractivity (Wildman–Crippen MR) is 113 cm³/mol. The van der Waals surface area contributed by atoms with Gasteiger partial charge in [0.15, 0.2) is 5.13 Å². The standard InChI is InChI=1S/C19H19N5O4S2/c25-17(10-23-11-20-14-4-2-1-3-13(14)18(23)26)22-19-21-15-7-8-24(9-16(15)29-19)30(27,28)12-5-6-12/h1-4,11-12H,5-10H2,(H,21,22,25). The number of nitrogens with one attached hydrogen (secondary N) is 1. The Kier molecular flexibility index (Phi) is 4.68. The highest BCUT2D eigenvalue weighted by Crippen LogP contribution is 2.35. The molecule has 0 saturated heterocycles. The Bertz CT molecular complexity index is 1310. The van der Waals surface area contributed by atoms with E-state index in [1.165, 1.54) is 26.5 Å². The van der Waals surface area contributed by atoms with Crippen molar-refractivity contribution < 1.29 is 13.2 Å². The minimum absolute atomic E-state index is 0.177. The Morgan fingerprint density at radius 1 is 1.27 bits per heavy atom. The third-order valence-corrected chi connectivity index (χ3v) is 8.64. The van der Waals surface area contributed by atoms with Gasteiger partial charge in [-0.05, 0) is 25.0 Å². The summed E-state index contributed by atoms with van der Waals surface area (Å²) in [5.41, 5.74) is 1.12. The van der Waals surface area contributed by atoms with Gasteiger partial charge in [-0.25, -0.2) is 18.4 Å². The molecule has 1 fully saturated rings. The van der Waals surface area contributed by atoms with Crippen LogP contribution in [0.3, 0.4) is 0 Å². The molecule has 3 heterocycles. The van der Waals surface area contributed by atoms with Gasteiger partial charge in [0.25, 0.3) is 5.56 Å². The smallest absolute Gasteiger partial charge is 0.261 e. The molecule has 1 aliphatic heterocycles. The van der Waals surface area contributed by atoms with Crippen molar-refractivity contribution in [2.45, 2.75) is 37.6 Å². The number of amides is 1. The van der Waals surface area contributed by atoms with Gasteiger partial charge in [0, 0.05) is 24.4 Å². The normalized spacial score (nSPS) is 17.1. The first kappa shape index (κ1) is 19.3. The molecule has 156 valence electrons. The van der Waals surface area contributed by atoms with Crippen molar-refractivity contribution in [3.05, 3.63) is 51.5 Å². The van der Waals surface area contributed by atoms with Crippen LogP contribution in [0.5, 0.6) is 0 Å². The van der Waals surface area contributed by atoms with Crippen molar-refractivity contribution in [3.8, 4) is 0 Å². The topological polar surface area (TPSA) is 114 Å². The summed E-state index contributed by atoms with van der Waals surface area (Å²) in [6.45, 7) is 0.542. The molecule has 0 unspecified atom stereocenters. The molecular weight excluding hydrogens is 426 g/mol. The van der Waals surface area contributed by atoms with E-state index in [1.807, 2.05) is 0 Å². The Morgan fingerprint density at radius 3 is 2.87 bits per heavy atom. The number of carbonyl (C=O) groups excluding carboxylic acids is 1. The number of para-hydroxylation sites is 1. The first-order valence-corrected chi connectivity index (χ1v) is 12.0. The number of anilines is 1. The lowest BCUT2D eigenvalue weighted by molar-refractivity contribution is -0.116. The molecule has 5 rings (SSSR count). The van der Waals surface area contributed by atoms with E-state index in [2.05, 4.69) is 15.3 Å². The molecule has 2 aromatic heterocycles. The van der Waals surface area contributed by atoms with Crippen molar-refractivity contribution >= 4 is 43.3 Å². The molecule has 1 aliphatic carbocycles. The molecule has 0 spiro atoms. The largest absolute Gasteiger partial charge is 0.300 e. The van der Waals surface area contributed by atoms with Crippen LogP contribution < -0.4 is 10.9 Å². The summed E-state index contributed by atoms with van der Waals surface area (Å²) < 4.78 is 27.7. The number of hydrogen-bond acceptors (Lipinski definition) is 7. The van der Waals surface area contributed by atoms with Crippen LogP contribution in [0.2, 0.25) is 0 Å². The fraction of sp³-hybridized carbons (Fsp3) is 0.368. The monoisotopic (exact) mass is 445 g/mol. The third-order valence-electron chi connectivity index (χ3n) is 5.29. The second-order valence-corrected chi connectivity index (χ2v) is 10.8. The lowest BCUT2D eigenvalue weighted by Crippen LogP contribution is -2.37. The quantitative estimate of drug-likeness (QED) is 0.634. The molecule has 11 heteroatoms. The average Bonchev–Trinajstić information content (AvgIpc) is 3.51. The van der Waals surface area contributed by atoms with Gasteiger partial charge in [-0.15, -0.1) is 11.3 Å². The van der Waals surface area contributed by atoms with Gasteiger partial charge in [0.1, 0.15) is 6.54 Å². The lowest BCUT2D eigenvalue weighted by atomic mass is 10.2. The lowest BCUT2D eigenvalue weighted by Gasteiger charge is -2.25. The molecule has 0 bridgehead atoms. The van der Waals surface area contributed by atoms with Gasteiger partial charge in [0.05, 0.1) is 28.2 Å². The summed E-state index contributed by atoms with van der Waals surface area (Å²) in [5, 5.41) is 3.36. The second kappa shape index (κ2) is 7.25. The maximum atomic E-state index is 12.5. The summed E-state index contributed by atoms with van der Waals surface area (Å²) in [6, 6.07) is 6.97. The van der Waals surface area contributed by atoms with Gasteiger partial charge in [-0.2, -0.15) is 4.31 Å². The first-order chi connectivity index (χ1) is 14.4. The van der Waals surface area contributed by atoms with Crippen molar-refractivity contribution in [1.82, 2.24) is 18.8 Å². The fourth-order valence-corrected chi connectivity index (χ4v) is 6.48. The van der Waals surface area contributed by atoms with Crippen molar-refractivity contribution in [3.63, 3.8) is 0 Å². The number of rotatable bonds is 5. The van der Waals surface area contributed by atoms with E-state index in [0.29, 0.717) is 35.5 Å². The fourth-order valence-electron chi connectivity index (χ4n) is 3.55. The second-order valence-electron chi connectivity index (χ2n) is 7.46. The maximum absolute atomic E-state index is 12.5. The summed E-state index contributed by atoms with van der Waals surface area (Å²) in [7, 11) is -3.23. The van der Waals surface area contributed by atoms with Gasteiger partial charge >= 0.3 is 0 Å². The van der Waals surface area contributed by atoms with E-state index in [4.69, 9.17) is 0 Å². The van der Waals surface area contributed by atoms with Crippen LogP contribution >= 0.6 is 11.3 Å². The number of hydrogen-bond donors (Lipinski definition) is 1. The number of nitrogens with zero attached hydrogens (tertiary/aromatic N) is 4. The zero-order chi connectivity index (χ0) is 20.9. The van der Waals surface area contributed by atoms with Crippen molar-refractivity contribution in [2.75, 3.05) is 11.9 Å². The van der Waals surface area contributed by atoms with E-state index < -0.39 is 10.0 Å². The molecule has 1 amide bonds. The van der Waals surface area contributed by atoms with E-state index in [-0.39, 0.29) is 23.3 Å². The van der Waals surface area contributed by atoms with Crippen LogP contribution in [0, 0.1) is 0 Å². The number of carbonyl (C=O) groups is 1. The summed E-state index contributed by atoms with van der Waals surface area (Å²) in [6.07, 6.45) is 3.36. The number of thiazole rings is 1. The summed E-state index contributed by atoms with van der Waals surface area (Å²) in [5.74, 6) is -0.386. The highest BCUT2D eigenvalue weighted by Gasteiger charge is 2.41. The maximum Gasteiger partial charge on any atom is 0.261 e. The van der Waals surface area contributed by atoms with Crippen molar-refractivity contribution in [1.29, 1.82) is 0 Å². The zero-order valence-electron chi connectivity index (χ0n) is 15.9. The minimum atomic E-state index is -3.23. The first-order valence-electron chi connectivity index (χ1n) is 9.63. The third kappa shape index (κ3) is 3.53. The molecule has 1 aromatic carbocycles. The molecule has 0 radical (unpaired) electrons. The number of fused-ring (bicyclic) bond motifs is 2. The molecular formula is C19H19N5O4S2. The SMILES string of the molecule is O=C(Cn1cnc2ccccc2c1=O)Nc1nc2c(s1)CN(S(=O)(=O)C1CC1)CC2. The molecule has 9 nitrogen and oxygen atoms in total. The number of aromatic nitrogens is 3. The van der Waals surface area contributed by atoms with E-state index >= 15 is 0 Å². The van der Waals surface area contributed by atoms with Gasteiger partial charge < -0.3 is 5.32 Å². The summed E-state index contributed by atoms with van der Waals surface area (Å²) >= 11 is 1.28. The van der Waals surface area contributed by atoms with Crippen LogP contribution in [0.4, 0.5) is 5.13 Å². The highest BCUT2D eigenvalue weighted by atomic mass is 32.2. The molecule has 0 atom stereocenters. The average molecular weight is 446 g/mol. The van der Waals surface area contributed by atoms with Crippen LogP contribution in [0.1, 0.15) is 23.4 Å². The van der Waals surface area contributed by atoms with Gasteiger partial charge in [0.2, 0.25) is 15.9 Å². The van der Waals surface area contributed by atoms with Crippen LogP contribution in [-0.2, 0) is 34.3 Å². The van der Waals surface area contributed by atoms with E-state index in [1.54, 1.807) is 24.3 Å². The Labute approximate surface area is 176 Å². The Balaban J connectivity index is 1.29. The predicted octanol–water partition coefficient (Wildman–Crippen LogP) is 1.34. The van der Waals surface area contributed by atoms with E-state index in [9.17, 15) is 18.0 Å². The summed E-state index contributed by atoms with van der Waals surface area (Å²) in [4.78, 5) is 34.5. The Hall–Kier alpha value is -2.63. The number of sulfonamides is 1. The molecule has 1 N–H and O–H groups in total. The van der Waals surface area contributed by atoms with E-state index in [0.717, 1.165) is 23.4 Å². The highest BCUT2D eigenvalue weighted by molar-refractivity contribution is 7.90. The van der Waals surface area contributed by atoms with Crippen molar-refractivity contribution in [2.24, 2.45) is 0 Å². The molecule has 30 heavy (non-hydrogen) atoms. The zero-order valence-corrected chi connectivity index (χ0v) is 17.6. The Morgan fingerprint density at radius 2 is 2.07 bits per heavy atom.